The minimum absolute atomic E-state index is 0.0290. The van der Waals surface area contributed by atoms with Gasteiger partial charge in [0.1, 0.15) is 0 Å². The number of alkyl halides is 6. The Balaban J connectivity index is 1.77. The molecule has 0 unspecified atom stereocenters. The van der Waals surface area contributed by atoms with Gasteiger partial charge in [0, 0.05) is 18.3 Å². The van der Waals surface area contributed by atoms with Gasteiger partial charge in [0.05, 0.1) is 30.9 Å². The molecule has 0 saturated heterocycles. The number of carbonyl (C=O) groups is 1. The third-order valence-corrected chi connectivity index (χ3v) is 4.67. The molecule has 2 aromatic carbocycles. The summed E-state index contributed by atoms with van der Waals surface area (Å²) in [7, 11) is 2.80. The lowest BCUT2D eigenvalue weighted by molar-refractivity contribution is -0.143. The number of ether oxygens (including phenoxy) is 2. The summed E-state index contributed by atoms with van der Waals surface area (Å²) in [5, 5.41) is 2.33. The molecule has 180 valence electrons. The van der Waals surface area contributed by atoms with E-state index in [1.165, 1.54) is 32.5 Å². The molecular formula is C22H17F6N3O3. The molecule has 1 heterocycles. The van der Waals surface area contributed by atoms with E-state index in [1.807, 2.05) is 0 Å². The molecule has 34 heavy (non-hydrogen) atoms. The van der Waals surface area contributed by atoms with Crippen LogP contribution in [0, 0.1) is 0 Å². The molecule has 3 rings (SSSR count). The summed E-state index contributed by atoms with van der Waals surface area (Å²) in [5.41, 5.74) is -1.99. The Labute approximate surface area is 189 Å². The Kier molecular flexibility index (Phi) is 6.99. The number of rotatable bonds is 6. The molecule has 3 aromatic rings. The van der Waals surface area contributed by atoms with Crippen molar-refractivity contribution in [2.75, 3.05) is 14.2 Å². The largest absolute Gasteiger partial charge is 0.480 e. The highest BCUT2D eigenvalue weighted by Gasteiger charge is 2.36. The van der Waals surface area contributed by atoms with E-state index in [1.54, 1.807) is 12.1 Å². The molecule has 6 nitrogen and oxygen atoms in total. The second kappa shape index (κ2) is 9.57. The highest BCUT2D eigenvalue weighted by Crippen LogP contribution is 2.36. The van der Waals surface area contributed by atoms with Crippen molar-refractivity contribution in [1.29, 1.82) is 0 Å². The van der Waals surface area contributed by atoms with Gasteiger partial charge in [0.25, 0.3) is 5.91 Å². The lowest BCUT2D eigenvalue weighted by Crippen LogP contribution is -2.23. The number of nitrogens with zero attached hydrogens (tertiary/aromatic N) is 2. The molecule has 0 atom stereocenters. The molecular weight excluding hydrogens is 468 g/mol. The third kappa shape index (κ3) is 5.74. The van der Waals surface area contributed by atoms with Gasteiger partial charge in [-0.2, -0.15) is 31.3 Å². The number of methoxy groups -OCH3 is 2. The molecule has 1 amide bonds. The van der Waals surface area contributed by atoms with Crippen molar-refractivity contribution in [3.05, 3.63) is 70.9 Å². The lowest BCUT2D eigenvalue weighted by Gasteiger charge is -2.14. The quantitative estimate of drug-likeness (QED) is 0.491. The van der Waals surface area contributed by atoms with Crippen LogP contribution in [-0.2, 0) is 18.9 Å². The Hall–Kier alpha value is -3.83. The third-order valence-electron chi connectivity index (χ3n) is 4.67. The highest BCUT2D eigenvalue weighted by molar-refractivity contribution is 5.94. The average molecular weight is 485 g/mol. The van der Waals surface area contributed by atoms with E-state index in [9.17, 15) is 31.1 Å². The van der Waals surface area contributed by atoms with Crippen molar-refractivity contribution in [3.8, 4) is 23.0 Å². The van der Waals surface area contributed by atoms with Gasteiger partial charge in [0.15, 0.2) is 0 Å². The molecule has 0 fully saturated rings. The monoisotopic (exact) mass is 485 g/mol. The number of hydrogen-bond donors (Lipinski definition) is 1. The fourth-order valence-corrected chi connectivity index (χ4v) is 3.01. The Morgan fingerprint density at radius 1 is 0.912 bits per heavy atom. The summed E-state index contributed by atoms with van der Waals surface area (Å²) in [6.45, 7) is -0.534. The van der Waals surface area contributed by atoms with Crippen LogP contribution in [0.4, 0.5) is 26.3 Å². The summed E-state index contributed by atoms with van der Waals surface area (Å²) in [5.74, 6) is -0.454. The minimum Gasteiger partial charge on any atom is -0.480 e. The van der Waals surface area contributed by atoms with Gasteiger partial charge >= 0.3 is 18.4 Å². The van der Waals surface area contributed by atoms with Crippen molar-refractivity contribution in [2.24, 2.45) is 0 Å². The molecule has 12 heteroatoms. The van der Waals surface area contributed by atoms with Crippen LogP contribution in [0.5, 0.6) is 11.9 Å². The van der Waals surface area contributed by atoms with Gasteiger partial charge in [-0.3, -0.25) is 4.79 Å². The number of benzene rings is 2. The van der Waals surface area contributed by atoms with E-state index in [4.69, 9.17) is 9.47 Å². The number of amides is 1. The summed E-state index contributed by atoms with van der Waals surface area (Å²) in [6.07, 6.45) is -8.48. The van der Waals surface area contributed by atoms with E-state index in [0.717, 1.165) is 0 Å². The van der Waals surface area contributed by atoms with Crippen LogP contribution in [0.25, 0.3) is 11.1 Å². The highest BCUT2D eigenvalue weighted by atomic mass is 19.4. The van der Waals surface area contributed by atoms with Crippen LogP contribution in [0.1, 0.15) is 27.0 Å². The first-order valence-electron chi connectivity index (χ1n) is 9.54. The molecule has 1 aromatic heterocycles. The molecule has 0 radical (unpaired) electrons. The summed E-state index contributed by atoms with van der Waals surface area (Å²) in [6, 6.07) is 7.25. The topological polar surface area (TPSA) is 73.3 Å². The van der Waals surface area contributed by atoms with Crippen molar-refractivity contribution >= 4 is 5.91 Å². The Morgan fingerprint density at radius 3 is 2.00 bits per heavy atom. The van der Waals surface area contributed by atoms with Gasteiger partial charge in [0.2, 0.25) is 5.88 Å². The molecule has 1 N–H and O–H groups in total. The van der Waals surface area contributed by atoms with Crippen LogP contribution < -0.4 is 14.8 Å². The molecule has 0 aliphatic heterocycles. The zero-order valence-corrected chi connectivity index (χ0v) is 17.7. The molecule has 0 spiro atoms. The fraction of sp³-hybridized carbons (Fsp3) is 0.227. The van der Waals surface area contributed by atoms with Crippen molar-refractivity contribution in [1.82, 2.24) is 15.3 Å². The van der Waals surface area contributed by atoms with Gasteiger partial charge in [-0.05, 0) is 41.5 Å². The van der Waals surface area contributed by atoms with Crippen LogP contribution >= 0.6 is 0 Å². The van der Waals surface area contributed by atoms with Gasteiger partial charge in [-0.25, -0.2) is 4.98 Å². The van der Waals surface area contributed by atoms with Gasteiger partial charge in [-0.1, -0.05) is 12.1 Å². The maximum Gasteiger partial charge on any atom is 0.416 e. The number of carbonyl (C=O) groups excluding carboxylic acids is 1. The van der Waals surface area contributed by atoms with Crippen LogP contribution in [-0.4, -0.2) is 30.1 Å². The normalized spacial score (nSPS) is 11.8. The fourth-order valence-electron chi connectivity index (χ4n) is 3.01. The van der Waals surface area contributed by atoms with Gasteiger partial charge < -0.3 is 14.8 Å². The summed E-state index contributed by atoms with van der Waals surface area (Å²) >= 11 is 0. The van der Waals surface area contributed by atoms with Crippen LogP contribution in [0.2, 0.25) is 0 Å². The smallest absolute Gasteiger partial charge is 0.416 e. The molecule has 0 aliphatic rings. The van der Waals surface area contributed by atoms with Crippen molar-refractivity contribution in [2.45, 2.75) is 18.9 Å². The van der Waals surface area contributed by atoms with E-state index < -0.39 is 35.9 Å². The van der Waals surface area contributed by atoms with Crippen molar-refractivity contribution < 1.29 is 40.6 Å². The standard InChI is InChI=1S/C22H17F6N3O3/c1-33-19-17(11-30-20(31-19)34-2)13-3-5-14(6-4-13)18(32)29-10-12-7-15(21(23,24)25)9-16(8-12)22(26,27)28/h3-9,11H,10H2,1-2H3,(H,29,32). The maximum absolute atomic E-state index is 13.0. The SMILES string of the molecule is COc1ncc(-c2ccc(C(=O)NCc3cc(C(F)(F)F)cc(C(F)(F)F)c3)cc2)c(OC)n1. The van der Waals surface area contributed by atoms with Crippen LogP contribution in [0.3, 0.4) is 0 Å². The molecule has 0 aliphatic carbocycles. The Morgan fingerprint density at radius 2 is 1.50 bits per heavy atom. The second-order valence-corrected chi connectivity index (χ2v) is 6.95. The summed E-state index contributed by atoms with van der Waals surface area (Å²) in [4.78, 5) is 20.5. The number of aromatic nitrogens is 2. The van der Waals surface area contributed by atoms with E-state index in [2.05, 4.69) is 15.3 Å². The zero-order valence-electron chi connectivity index (χ0n) is 17.7. The number of hydrogen-bond acceptors (Lipinski definition) is 5. The predicted molar refractivity (Wildman–Crippen MR) is 108 cm³/mol. The average Bonchev–Trinajstić information content (AvgIpc) is 2.81. The molecule has 0 saturated carbocycles. The van der Waals surface area contributed by atoms with E-state index in [-0.39, 0.29) is 29.1 Å². The second-order valence-electron chi connectivity index (χ2n) is 6.95. The lowest BCUT2D eigenvalue weighted by atomic mass is 10.0. The van der Waals surface area contributed by atoms with E-state index >= 15 is 0 Å². The first-order chi connectivity index (χ1) is 15.9. The van der Waals surface area contributed by atoms with Crippen LogP contribution in [0.15, 0.2) is 48.7 Å². The number of nitrogens with one attached hydrogen (secondary N) is 1. The van der Waals surface area contributed by atoms with Gasteiger partial charge in [-0.15, -0.1) is 0 Å². The zero-order chi connectivity index (χ0) is 25.1. The number of halogens is 6. The van der Waals surface area contributed by atoms with Crippen molar-refractivity contribution in [3.63, 3.8) is 0 Å². The summed E-state index contributed by atoms with van der Waals surface area (Å²) < 4.78 is 88.1. The molecule has 0 bridgehead atoms. The Bertz CT molecular complexity index is 1150. The first-order valence-corrected chi connectivity index (χ1v) is 9.54. The predicted octanol–water partition coefficient (Wildman–Crippen LogP) is 5.13. The van der Waals surface area contributed by atoms with E-state index in [0.29, 0.717) is 23.3 Å². The first kappa shape index (κ1) is 24.8. The minimum atomic E-state index is -4.97. The maximum atomic E-state index is 13.0.